The second-order valence-electron chi connectivity index (χ2n) is 24.8. The Labute approximate surface area is 592 Å². The van der Waals surface area contributed by atoms with Gasteiger partial charge in [0.2, 0.25) is 0 Å². The van der Waals surface area contributed by atoms with Crippen molar-refractivity contribution in [2.24, 2.45) is 40.1 Å². The molecule has 21 heterocycles. The minimum Gasteiger partial charge on any atom is -0.480 e. The monoisotopic (exact) mass is 1530 g/mol. The van der Waals surface area contributed by atoms with E-state index in [1.807, 2.05) is 0 Å². The number of ether oxygens (including phenoxy) is 21. The van der Waals surface area contributed by atoms with Gasteiger partial charge in [0.1, 0.15) is 217 Å². The van der Waals surface area contributed by atoms with Gasteiger partial charge >= 0.3 is 41.8 Å². The fourth-order valence-corrected chi connectivity index (χ4v) is 13.0. The van der Waals surface area contributed by atoms with E-state index in [-0.39, 0.29) is 0 Å². The molecular weight excluding hydrogens is 1440 g/mol. The second kappa shape index (κ2) is 39.0. The smallest absolute Gasteiger partial charge is 0.329 e. The van der Waals surface area contributed by atoms with Crippen molar-refractivity contribution in [1.29, 1.82) is 0 Å². The average molecular weight is 1530 g/mol. The molecule has 0 amide bonds. The van der Waals surface area contributed by atoms with Crippen LogP contribution in [0.3, 0.4) is 0 Å². The van der Waals surface area contributed by atoms with Crippen molar-refractivity contribution in [3.63, 3.8) is 0 Å². The second-order valence-corrected chi connectivity index (χ2v) is 24.8. The third-order valence-electron chi connectivity index (χ3n) is 17.8. The molecule has 14 bridgehead atoms. The lowest BCUT2D eigenvalue weighted by Gasteiger charge is -2.51. The predicted octanol–water partition coefficient (Wildman–Crippen LogP) is -14.7. The van der Waals surface area contributed by atoms with Crippen molar-refractivity contribution in [3.05, 3.63) is 0 Å². The Balaban J connectivity index is 1.25. The number of rotatable bonds is 28. The maximum absolute atomic E-state index is 12.3. The number of nitrogens with two attached hydrogens (primary N) is 7. The summed E-state index contributed by atoms with van der Waals surface area (Å²) in [7, 11) is 0. The van der Waals surface area contributed by atoms with E-state index >= 15 is 0 Å². The van der Waals surface area contributed by atoms with Crippen molar-refractivity contribution in [1.82, 2.24) is 0 Å². The highest BCUT2D eigenvalue weighted by molar-refractivity contribution is 5.70. The summed E-state index contributed by atoms with van der Waals surface area (Å²) in [6.45, 7) is -13.7. The van der Waals surface area contributed by atoms with Crippen LogP contribution < -0.4 is 40.1 Å². The van der Waals surface area contributed by atoms with Gasteiger partial charge in [0.15, 0.2) is 44.0 Å². The van der Waals surface area contributed by atoms with Crippen LogP contribution in [0.4, 0.5) is 0 Å². The third kappa shape index (κ3) is 20.7. The molecule has 49 heteroatoms. The highest BCUT2D eigenvalue weighted by atomic mass is 16.8. The van der Waals surface area contributed by atoms with Crippen molar-refractivity contribution in [2.75, 3.05) is 92.1 Å². The summed E-state index contributed by atoms with van der Waals surface area (Å²) in [6, 6.07) is 0. The summed E-state index contributed by atoms with van der Waals surface area (Å²) >= 11 is 0. The number of hydrogen-bond donors (Lipinski definition) is 21. The molecule has 0 spiro atoms. The number of carbonyl (C=O) groups is 7. The third-order valence-corrected chi connectivity index (χ3v) is 17.8. The quantitative estimate of drug-likeness (QED) is 0.0346. The fourth-order valence-electron chi connectivity index (χ4n) is 13.0. The molecule has 0 aromatic carbocycles. The van der Waals surface area contributed by atoms with Crippen LogP contribution in [0.5, 0.6) is 0 Å². The summed E-state index contributed by atoms with van der Waals surface area (Å²) in [5, 5.41) is 155. The zero-order valence-electron chi connectivity index (χ0n) is 55.3. The van der Waals surface area contributed by atoms with Crippen LogP contribution in [0.15, 0.2) is 0 Å². The Hall–Kier alpha value is -5.11. The summed E-state index contributed by atoms with van der Waals surface area (Å²) < 4.78 is 126. The Morgan fingerprint density at radius 2 is 0.314 bits per heavy atom. The lowest BCUT2D eigenvalue weighted by Crippen LogP contribution is -2.69. The number of carboxylic acids is 7. The fraction of sp³-hybridized carbons (Fsp3) is 0.875. The zero-order valence-corrected chi connectivity index (χ0v) is 55.3. The van der Waals surface area contributed by atoms with Gasteiger partial charge in [0.05, 0.1) is 0 Å². The van der Waals surface area contributed by atoms with E-state index in [1.165, 1.54) is 0 Å². The predicted molar refractivity (Wildman–Crippen MR) is 322 cm³/mol. The average Bonchev–Trinajstić information content (AvgIpc) is 0.821. The number of carboxylic acid groups (broad SMARTS) is 7. The topological polar surface area (TPSA) is 779 Å². The van der Waals surface area contributed by atoms with E-state index in [0.29, 0.717) is 0 Å². The summed E-state index contributed by atoms with van der Waals surface area (Å²) in [6.07, 6.45) is -70.6. The summed E-state index contributed by atoms with van der Waals surface area (Å²) in [4.78, 5) is 85.1. The lowest BCUT2D eigenvalue weighted by molar-refractivity contribution is -0.396. The van der Waals surface area contributed by atoms with Gasteiger partial charge in [-0.1, -0.05) is 0 Å². The van der Waals surface area contributed by atoms with E-state index in [0.717, 1.165) is 0 Å². The summed E-state index contributed by atoms with van der Waals surface area (Å²) in [5.74, 6) is -11.7. The van der Waals surface area contributed by atoms with Crippen molar-refractivity contribution in [2.45, 2.75) is 215 Å². The molecule has 602 valence electrons. The van der Waals surface area contributed by atoms with Crippen LogP contribution in [0.1, 0.15) is 0 Å². The molecule has 0 unspecified atom stereocenters. The standard InChI is InChI=1S/C56H91N7O42/c57-1-15-36-29(78)43(85-8-22(64)65)50(92-15)100-37-16(2-58)94-52(45(30(37)79)87-10-24(68)69)102-39-18(4-60)96-54(47(32(39)81)89-12-26(72)73)104-41-20(6-62)98-56(49(34(41)83)91-14-28(76)77)105-42-21(7-63)97-55(48(35(42)84)90-13-27(74)75)103-40-19(5-61)95-53(46(33(40)82)88-11-25(70)71)101-38-17(3-59)93-51(99-36)44(31(38)80)86-9-23(66)67/h15-21,29-56,78-84H,1-14,57-63H2,(H,64,65)(H,66,67)(H,68,69)(H,70,71)(H,72,73)(H,74,75)(H,76,77)/t15-,16-,17-,18-,19-,20-,21-,29+,30+,31+,32+,33+,34+,35+,36-,37-,38-,39-,40-,41-,42-,43-,44-,45-,46-,47-,48-,49-,50-,51-,52-,53-,54-,55-,56-/m1/s1. The molecule has 21 fully saturated rings. The van der Waals surface area contributed by atoms with E-state index in [1.54, 1.807) is 0 Å². The first-order valence-electron chi connectivity index (χ1n) is 32.6. The molecule has 35 atom stereocenters. The maximum atomic E-state index is 12.3. The van der Waals surface area contributed by atoms with Gasteiger partial charge in [0.25, 0.3) is 0 Å². The van der Waals surface area contributed by atoms with Gasteiger partial charge in [-0.25, -0.2) is 33.6 Å². The van der Waals surface area contributed by atoms with Crippen LogP contribution in [-0.2, 0) is 133 Å². The maximum Gasteiger partial charge on any atom is 0.329 e. The van der Waals surface area contributed by atoms with Gasteiger partial charge in [-0.05, 0) is 0 Å². The highest BCUT2D eigenvalue weighted by Gasteiger charge is 2.61. The zero-order chi connectivity index (χ0) is 77.0. The van der Waals surface area contributed by atoms with Crippen molar-refractivity contribution >= 4 is 41.8 Å². The Bertz CT molecular complexity index is 2330. The summed E-state index contributed by atoms with van der Waals surface area (Å²) in [5.41, 5.74) is 43.5. The van der Waals surface area contributed by atoms with E-state index in [2.05, 4.69) is 0 Å². The Morgan fingerprint density at radius 3 is 0.400 bits per heavy atom. The SMILES string of the molecule is NC[C@H]1O[C@@H]2O[C@H]3[C@H](O)[C@@H](OCC(=O)O)[C@@H](O[C@H]4[C@H](O)[C@@H](OCC(=O)O)[C@@H](O[C@H]5[C@H](O)[C@@H](OCC(=O)O)[C@@H](O[C@H]6[C@H](O)[C@@H](OCC(=O)O)[C@@H](O[C@H]7[C@H](O)[C@@H](OCC(=O)O)[C@@H](O[C@H]8[C@H](O)[C@@H](OCC(=O)O)[C@@H](O[C@H]1[C@H](O)[C@H]2OCC(=O)O)O[C@@H]8CN)O[C@@H]7CN)O[C@@H]6CN)O[C@@H]5CN)O[C@@H]4CN)O[C@@H]3CN. The van der Waals surface area contributed by atoms with E-state index in [9.17, 15) is 105 Å². The van der Waals surface area contributed by atoms with E-state index < -0.39 is 349 Å². The largest absolute Gasteiger partial charge is 0.480 e. The molecule has 0 aromatic rings. The molecule has 105 heavy (non-hydrogen) atoms. The molecule has 0 aliphatic carbocycles. The number of aliphatic hydroxyl groups excluding tert-OH is 7. The highest BCUT2D eigenvalue weighted by Crippen LogP contribution is 2.41. The van der Waals surface area contributed by atoms with Crippen LogP contribution in [0, 0.1) is 0 Å². The van der Waals surface area contributed by atoms with Gasteiger partial charge in [0, 0.05) is 45.8 Å². The number of aliphatic hydroxyl groups is 7. The molecule has 21 saturated heterocycles. The first-order chi connectivity index (χ1) is 49.9. The Morgan fingerprint density at radius 1 is 0.210 bits per heavy atom. The first-order valence-corrected chi connectivity index (χ1v) is 32.6. The minimum atomic E-state index is -2.24. The van der Waals surface area contributed by atoms with Crippen LogP contribution in [0.2, 0.25) is 0 Å². The van der Waals surface area contributed by atoms with Crippen LogP contribution in [0.25, 0.3) is 0 Å². The van der Waals surface area contributed by atoms with Crippen molar-refractivity contribution in [3.8, 4) is 0 Å². The molecule has 49 nitrogen and oxygen atoms in total. The molecule has 28 N–H and O–H groups in total. The van der Waals surface area contributed by atoms with E-state index in [4.69, 9.17) is 140 Å². The van der Waals surface area contributed by atoms with Crippen LogP contribution in [-0.4, -0.2) is 420 Å². The first kappa shape index (κ1) is 85.5. The van der Waals surface area contributed by atoms with Gasteiger partial charge in [-0.2, -0.15) is 0 Å². The molecule has 0 saturated carbocycles. The molecular formula is C56H91N7O42. The molecule has 21 aliphatic heterocycles. The van der Waals surface area contributed by atoms with Gasteiger partial charge < -0.3 is 211 Å². The number of aliphatic carboxylic acids is 7. The number of hydrogen-bond acceptors (Lipinski definition) is 42. The normalized spacial score (nSPS) is 43.5. The Kier molecular flexibility index (Phi) is 31.8. The molecule has 21 rings (SSSR count). The van der Waals surface area contributed by atoms with Crippen molar-refractivity contribution < 1.29 is 205 Å². The molecule has 0 radical (unpaired) electrons. The van der Waals surface area contributed by atoms with Crippen LogP contribution >= 0.6 is 0 Å². The lowest BCUT2D eigenvalue weighted by atomic mass is 9.94. The van der Waals surface area contributed by atoms with Gasteiger partial charge in [-0.15, -0.1) is 0 Å². The van der Waals surface area contributed by atoms with Gasteiger partial charge in [-0.3, -0.25) is 0 Å². The minimum absolute atomic E-state index is 0.695. The molecule has 0 aromatic heterocycles. The molecule has 21 aliphatic rings.